The molecular weight excluding hydrogens is 178 g/mol. The lowest BCUT2D eigenvalue weighted by Gasteiger charge is -1.98. The monoisotopic (exact) mass is 193 g/mol. The first-order valence-electron chi connectivity index (χ1n) is 4.42. The topological polar surface area (TPSA) is 61.5 Å². The van der Waals surface area contributed by atoms with Crippen molar-refractivity contribution in [3.05, 3.63) is 34.4 Å². The van der Waals surface area contributed by atoms with Gasteiger partial charge in [-0.25, -0.2) is 9.78 Å². The summed E-state index contributed by atoms with van der Waals surface area (Å²) in [5.41, 5.74) is 3.29. The molecule has 0 aromatic carbocycles. The lowest BCUT2D eigenvalue weighted by Crippen LogP contribution is -1.99. The van der Waals surface area contributed by atoms with Crippen LogP contribution in [0.4, 0.5) is 0 Å². The van der Waals surface area contributed by atoms with Crippen molar-refractivity contribution in [2.75, 3.05) is 0 Å². The van der Waals surface area contributed by atoms with E-state index in [2.05, 4.69) is 15.0 Å². The van der Waals surface area contributed by atoms with Crippen molar-refractivity contribution in [1.82, 2.24) is 15.0 Å². The molecule has 0 saturated heterocycles. The van der Waals surface area contributed by atoms with E-state index < -0.39 is 0 Å². The third-order valence-corrected chi connectivity index (χ3v) is 2.26. The first-order valence-corrected chi connectivity index (χ1v) is 4.42. The number of H-pyrrole nitrogens is 2. The van der Waals surface area contributed by atoms with E-state index in [9.17, 15) is 4.79 Å². The number of aromatic nitrogens is 3. The normalized spacial score (nSPS) is 12.3. The fraction of sp³-hybridized carbons (Fsp3) is 0.200. The summed E-state index contributed by atoms with van der Waals surface area (Å²) in [6.07, 6.45) is 3.76. The van der Waals surface area contributed by atoms with Crippen LogP contribution in [-0.2, 0) is 0 Å². The van der Waals surface area contributed by atoms with E-state index in [1.165, 1.54) is 0 Å². The number of hydrogen-bond donors (Lipinski definition) is 2. The maximum atomic E-state index is 11.0. The predicted molar refractivity (Wildman–Crippen MR) is 60.3 cm³/mol. The van der Waals surface area contributed by atoms with E-state index >= 15 is 0 Å². The van der Waals surface area contributed by atoms with Crippen molar-refractivity contribution < 1.29 is 2.85 Å². The second kappa shape index (κ2) is 3.14. The van der Waals surface area contributed by atoms with Gasteiger partial charge in [-0.1, -0.05) is 6.08 Å². The Morgan fingerprint density at radius 1 is 1.57 bits per heavy atom. The summed E-state index contributed by atoms with van der Waals surface area (Å²) in [6.45, 7) is 3.98. The zero-order valence-electron chi connectivity index (χ0n) is 8.09. The molecule has 4 heteroatoms. The summed E-state index contributed by atoms with van der Waals surface area (Å²) in [7, 11) is 0. The SMILES string of the molecule is C/C=C(/C)c1cnc2[nH]c(=O)[nH]c2c1.[HH].[HH]. The number of nitrogens with zero attached hydrogens (tertiary/aromatic N) is 1. The van der Waals surface area contributed by atoms with Gasteiger partial charge >= 0.3 is 5.69 Å². The van der Waals surface area contributed by atoms with Gasteiger partial charge in [-0.05, 0) is 31.1 Å². The maximum Gasteiger partial charge on any atom is 0.325 e. The van der Waals surface area contributed by atoms with Crippen molar-refractivity contribution >= 4 is 16.7 Å². The molecule has 0 unspecified atom stereocenters. The Balaban J connectivity index is 0.00000112. The highest BCUT2D eigenvalue weighted by molar-refractivity contribution is 5.75. The Morgan fingerprint density at radius 3 is 3.07 bits per heavy atom. The number of allylic oxidation sites excluding steroid dienone is 2. The van der Waals surface area contributed by atoms with Crippen LogP contribution in [0.5, 0.6) is 0 Å². The molecule has 4 nitrogen and oxygen atoms in total. The number of pyridine rings is 1. The number of hydrogen-bond acceptors (Lipinski definition) is 2. The number of aromatic amines is 2. The van der Waals surface area contributed by atoms with E-state index in [1.807, 2.05) is 26.0 Å². The molecule has 14 heavy (non-hydrogen) atoms. The molecule has 0 atom stereocenters. The minimum absolute atomic E-state index is 0. The maximum absolute atomic E-state index is 11.0. The first kappa shape index (κ1) is 8.74. The Bertz CT molecular complexity index is 556. The average molecular weight is 193 g/mol. The number of nitrogens with one attached hydrogen (secondary N) is 2. The largest absolute Gasteiger partial charge is 0.325 e. The summed E-state index contributed by atoms with van der Waals surface area (Å²) < 4.78 is 0. The second-order valence-electron chi connectivity index (χ2n) is 3.17. The highest BCUT2D eigenvalue weighted by atomic mass is 16.1. The van der Waals surface area contributed by atoms with Crippen LogP contribution in [0.1, 0.15) is 22.3 Å². The van der Waals surface area contributed by atoms with E-state index in [-0.39, 0.29) is 8.54 Å². The van der Waals surface area contributed by atoms with Gasteiger partial charge < -0.3 is 4.98 Å². The third kappa shape index (κ3) is 1.35. The van der Waals surface area contributed by atoms with E-state index in [4.69, 9.17) is 0 Å². The average Bonchev–Trinajstić information content (AvgIpc) is 2.55. The molecule has 0 spiro atoms. The molecule has 76 valence electrons. The lowest BCUT2D eigenvalue weighted by molar-refractivity contribution is 1.20. The molecule has 0 aliphatic carbocycles. The highest BCUT2D eigenvalue weighted by Crippen LogP contribution is 2.15. The Kier molecular flexibility index (Phi) is 1.96. The fourth-order valence-electron chi connectivity index (χ4n) is 1.30. The van der Waals surface area contributed by atoms with Crippen molar-refractivity contribution in [2.24, 2.45) is 0 Å². The molecule has 0 radical (unpaired) electrons. The molecule has 2 rings (SSSR count). The molecule has 0 fully saturated rings. The van der Waals surface area contributed by atoms with Gasteiger partial charge in [0.15, 0.2) is 5.65 Å². The van der Waals surface area contributed by atoms with Crippen LogP contribution in [0.3, 0.4) is 0 Å². The van der Waals surface area contributed by atoms with Crippen molar-refractivity contribution in [2.45, 2.75) is 13.8 Å². The number of imidazole rings is 1. The quantitative estimate of drug-likeness (QED) is 0.729. The molecule has 0 bridgehead atoms. The lowest BCUT2D eigenvalue weighted by atomic mass is 10.1. The summed E-state index contributed by atoms with van der Waals surface area (Å²) in [6, 6.07) is 1.91. The van der Waals surface area contributed by atoms with E-state index in [0.717, 1.165) is 16.7 Å². The zero-order valence-corrected chi connectivity index (χ0v) is 8.09. The van der Waals surface area contributed by atoms with Gasteiger partial charge in [0, 0.05) is 9.05 Å². The highest BCUT2D eigenvalue weighted by Gasteiger charge is 2.01. The van der Waals surface area contributed by atoms with Crippen LogP contribution >= 0.6 is 0 Å². The molecule has 2 aromatic rings. The molecule has 2 N–H and O–H groups in total. The minimum atomic E-state index is -0.220. The van der Waals surface area contributed by atoms with Crippen LogP contribution in [-0.4, -0.2) is 15.0 Å². The summed E-state index contributed by atoms with van der Waals surface area (Å²) >= 11 is 0. The van der Waals surface area contributed by atoms with Crippen molar-refractivity contribution in [3.8, 4) is 0 Å². The first-order chi connectivity index (χ1) is 6.70. The Labute approximate surface area is 83.7 Å². The summed E-state index contributed by atoms with van der Waals surface area (Å²) in [5, 5.41) is 0. The minimum Gasteiger partial charge on any atom is -0.304 e. The third-order valence-electron chi connectivity index (χ3n) is 2.26. The van der Waals surface area contributed by atoms with Gasteiger partial charge in [0.2, 0.25) is 0 Å². The molecule has 0 amide bonds. The summed E-state index contributed by atoms with van der Waals surface area (Å²) in [5.74, 6) is 0. The number of rotatable bonds is 1. The van der Waals surface area contributed by atoms with Crippen LogP contribution < -0.4 is 5.69 Å². The van der Waals surface area contributed by atoms with Gasteiger partial charge in [-0.2, -0.15) is 0 Å². The molecule has 0 saturated carbocycles. The second-order valence-corrected chi connectivity index (χ2v) is 3.17. The zero-order chi connectivity index (χ0) is 10.1. The van der Waals surface area contributed by atoms with E-state index in [0.29, 0.717) is 5.65 Å². The predicted octanol–water partition coefficient (Wildman–Crippen LogP) is 2.17. The van der Waals surface area contributed by atoms with Crippen LogP contribution in [0.15, 0.2) is 23.1 Å². The van der Waals surface area contributed by atoms with Crippen LogP contribution in [0.2, 0.25) is 0 Å². The number of fused-ring (bicyclic) bond motifs is 1. The Hall–Kier alpha value is -1.84. The molecule has 0 aliphatic rings. The molecular formula is C10H15N3O. The molecule has 2 heterocycles. The van der Waals surface area contributed by atoms with Gasteiger partial charge in [-0.3, -0.25) is 4.98 Å². The van der Waals surface area contributed by atoms with Crippen LogP contribution in [0, 0.1) is 0 Å². The van der Waals surface area contributed by atoms with Crippen LogP contribution in [0.25, 0.3) is 16.7 Å². The van der Waals surface area contributed by atoms with Gasteiger partial charge in [0.05, 0.1) is 5.52 Å². The smallest absolute Gasteiger partial charge is 0.304 e. The van der Waals surface area contributed by atoms with Crippen molar-refractivity contribution in [1.29, 1.82) is 0 Å². The summed E-state index contributed by atoms with van der Waals surface area (Å²) in [4.78, 5) is 20.4. The Morgan fingerprint density at radius 2 is 2.36 bits per heavy atom. The van der Waals surface area contributed by atoms with Gasteiger partial charge in [-0.15, -0.1) is 0 Å². The van der Waals surface area contributed by atoms with Crippen molar-refractivity contribution in [3.63, 3.8) is 0 Å². The van der Waals surface area contributed by atoms with Gasteiger partial charge in [0.1, 0.15) is 0 Å². The fourth-order valence-corrected chi connectivity index (χ4v) is 1.30. The van der Waals surface area contributed by atoms with Gasteiger partial charge in [0.25, 0.3) is 0 Å². The van der Waals surface area contributed by atoms with E-state index in [1.54, 1.807) is 6.20 Å². The molecule has 2 aromatic heterocycles. The standard InChI is InChI=1S/C10H11N3O.2H2/c1-3-6(2)7-4-8-9(11-5-7)13-10(14)12-8;;/h3-5H,1-2H3,(H2,11,12,13,14);2*1H/b6-3-;;. The molecule has 0 aliphatic heterocycles.